The Labute approximate surface area is 437 Å². The molecule has 0 amide bonds. The number of methoxy groups -OCH3 is 2. The Morgan fingerprint density at radius 1 is 0.440 bits per heavy atom. The molecule has 2 fully saturated rings. The molecule has 12 rings (SSSR count). The summed E-state index contributed by atoms with van der Waals surface area (Å²) in [4.78, 5) is 19.3. The van der Waals surface area contributed by atoms with Crippen molar-refractivity contribution in [3.63, 3.8) is 0 Å². The molecule has 0 N–H and O–H groups in total. The van der Waals surface area contributed by atoms with Gasteiger partial charge in [0.05, 0.1) is 31.9 Å². The molecule has 6 heterocycles. The number of nitrogens with zero attached hydrogens (tertiary/aromatic N) is 6. The molecule has 4 aliphatic heterocycles. The molecule has 2 aromatic heterocycles. The third-order valence-corrected chi connectivity index (χ3v) is 14.5. The Morgan fingerprint density at radius 3 is 1.31 bits per heavy atom. The standard InChI is InChI=1S/C30H35N3O5.C29H33N3O5/c1-32(2)9-6-13-35-27-17-23-21-8-7-20-15-26-28(38-19-37-26)16-22(20)29(21)31-30(24(23)18-25(27)34-3)36-14-12-33-10-4-5-11-33;1-31(2)10-12-34-26-16-22-20-7-6-19-14-25-27(37-18-36-25)15-21(19)28(20)30-29(23(22)17-24(26)33-3)35-13-11-32-8-4-5-9-32/h7-8,15-18H,4-6,9-14,19H2,1-3H3;6-7,14-17H,4-5,8-13,18H2,1-3H3. The number of benzene rings is 6. The zero-order valence-electron chi connectivity index (χ0n) is 44.1. The van der Waals surface area contributed by atoms with E-state index in [1.807, 2.05) is 50.5 Å². The number of hydrogen-bond donors (Lipinski definition) is 0. The van der Waals surface area contributed by atoms with E-state index in [-0.39, 0.29) is 13.6 Å². The van der Waals surface area contributed by atoms with E-state index in [9.17, 15) is 0 Å². The van der Waals surface area contributed by atoms with E-state index in [1.165, 1.54) is 25.7 Å². The molecule has 0 saturated carbocycles. The van der Waals surface area contributed by atoms with Crippen molar-refractivity contribution in [1.29, 1.82) is 0 Å². The fraction of sp³-hybridized carbons (Fsp3) is 0.424. The maximum absolute atomic E-state index is 6.38. The predicted molar refractivity (Wildman–Crippen MR) is 294 cm³/mol. The molecule has 0 radical (unpaired) electrons. The van der Waals surface area contributed by atoms with Crippen LogP contribution in [-0.4, -0.2) is 164 Å². The summed E-state index contributed by atoms with van der Waals surface area (Å²) in [5, 5.41) is 10.00. The summed E-state index contributed by atoms with van der Waals surface area (Å²) in [5.41, 5.74) is 1.73. The van der Waals surface area contributed by atoms with Gasteiger partial charge in [-0.25, -0.2) is 9.97 Å². The van der Waals surface area contributed by atoms with Gasteiger partial charge in [0, 0.05) is 69.3 Å². The number of likely N-dealkylation sites (tertiary alicyclic amines) is 2. The van der Waals surface area contributed by atoms with Crippen molar-refractivity contribution < 1.29 is 47.4 Å². The highest BCUT2D eigenvalue weighted by molar-refractivity contribution is 6.18. The lowest BCUT2D eigenvalue weighted by molar-refractivity contribution is 0.173. The molecule has 0 unspecified atom stereocenters. The molecular formula is C59H68N6O10. The molecule has 394 valence electrons. The minimum Gasteiger partial charge on any atom is -0.493 e. The van der Waals surface area contributed by atoms with Crippen LogP contribution in [0.4, 0.5) is 0 Å². The minimum atomic E-state index is 0.234. The molecule has 6 aromatic carbocycles. The summed E-state index contributed by atoms with van der Waals surface area (Å²) < 4.78 is 59.2. The van der Waals surface area contributed by atoms with Crippen LogP contribution >= 0.6 is 0 Å². The Morgan fingerprint density at radius 2 is 0.867 bits per heavy atom. The maximum atomic E-state index is 6.38. The smallest absolute Gasteiger partial charge is 0.231 e. The van der Waals surface area contributed by atoms with Gasteiger partial charge in [-0.2, -0.15) is 0 Å². The van der Waals surface area contributed by atoms with Crippen LogP contribution in [0.3, 0.4) is 0 Å². The molecule has 0 atom stereocenters. The van der Waals surface area contributed by atoms with Gasteiger partial charge in [0.25, 0.3) is 0 Å². The topological polar surface area (TPSA) is 131 Å². The van der Waals surface area contributed by atoms with E-state index >= 15 is 0 Å². The molecule has 0 spiro atoms. The summed E-state index contributed by atoms with van der Waals surface area (Å²) in [7, 11) is 11.5. The second kappa shape index (κ2) is 22.5. The highest BCUT2D eigenvalue weighted by atomic mass is 16.7. The highest BCUT2D eigenvalue weighted by Gasteiger charge is 2.23. The number of hydrogen-bond acceptors (Lipinski definition) is 16. The monoisotopic (exact) mass is 1020 g/mol. The third-order valence-electron chi connectivity index (χ3n) is 14.5. The van der Waals surface area contributed by atoms with Gasteiger partial charge < -0.3 is 57.2 Å². The Kier molecular flexibility index (Phi) is 15.0. The van der Waals surface area contributed by atoms with Crippen LogP contribution in [0, 0.1) is 0 Å². The molecule has 16 nitrogen and oxygen atoms in total. The van der Waals surface area contributed by atoms with Crippen LogP contribution in [0.25, 0.3) is 64.9 Å². The van der Waals surface area contributed by atoms with Crippen molar-refractivity contribution >= 4 is 64.9 Å². The molecule has 0 aliphatic carbocycles. The molecule has 16 heteroatoms. The first-order valence-corrected chi connectivity index (χ1v) is 26.3. The molecular weight excluding hydrogens is 953 g/mol. The lowest BCUT2D eigenvalue weighted by Gasteiger charge is -2.18. The highest BCUT2D eigenvalue weighted by Crippen LogP contribution is 2.46. The number of fused-ring (bicyclic) bond motifs is 12. The normalized spacial score (nSPS) is 15.3. The Balaban J connectivity index is 0.000000161. The number of pyridine rings is 2. The van der Waals surface area contributed by atoms with Crippen molar-refractivity contribution in [2.45, 2.75) is 32.1 Å². The number of ether oxygens (including phenoxy) is 10. The number of likely N-dealkylation sites (N-methyl/N-ethyl adjacent to an activating group) is 1. The summed E-state index contributed by atoms with van der Waals surface area (Å²) in [6.45, 7) is 10.9. The Bertz CT molecular complexity index is 3360. The quantitative estimate of drug-likeness (QED) is 0.0562. The van der Waals surface area contributed by atoms with Crippen LogP contribution in [0.1, 0.15) is 32.1 Å². The van der Waals surface area contributed by atoms with Crippen molar-refractivity contribution in [1.82, 2.24) is 29.6 Å². The van der Waals surface area contributed by atoms with E-state index in [1.54, 1.807) is 14.2 Å². The second-order valence-corrected chi connectivity index (χ2v) is 20.2. The first-order chi connectivity index (χ1) is 36.7. The minimum absolute atomic E-state index is 0.234. The first-order valence-electron chi connectivity index (χ1n) is 26.3. The van der Waals surface area contributed by atoms with Gasteiger partial charge in [-0.1, -0.05) is 24.3 Å². The van der Waals surface area contributed by atoms with E-state index in [0.717, 1.165) is 152 Å². The average molecular weight is 1020 g/mol. The number of rotatable bonds is 19. The van der Waals surface area contributed by atoms with Crippen LogP contribution in [0.2, 0.25) is 0 Å². The fourth-order valence-corrected chi connectivity index (χ4v) is 10.5. The van der Waals surface area contributed by atoms with E-state index in [4.69, 9.17) is 57.3 Å². The lowest BCUT2D eigenvalue weighted by Crippen LogP contribution is -2.25. The van der Waals surface area contributed by atoms with E-state index < -0.39 is 0 Å². The van der Waals surface area contributed by atoms with Crippen LogP contribution in [0.15, 0.2) is 72.8 Å². The van der Waals surface area contributed by atoms with Crippen LogP contribution in [-0.2, 0) is 0 Å². The van der Waals surface area contributed by atoms with Gasteiger partial charge in [-0.3, -0.25) is 9.80 Å². The second-order valence-electron chi connectivity index (χ2n) is 20.2. The first kappa shape index (κ1) is 50.2. The van der Waals surface area contributed by atoms with Gasteiger partial charge in [0.2, 0.25) is 25.3 Å². The molecule has 2 saturated heterocycles. The van der Waals surface area contributed by atoms with E-state index in [2.05, 4.69) is 70.1 Å². The van der Waals surface area contributed by atoms with E-state index in [0.29, 0.717) is 55.4 Å². The van der Waals surface area contributed by atoms with Gasteiger partial charge >= 0.3 is 0 Å². The van der Waals surface area contributed by atoms with Crippen molar-refractivity contribution in [3.05, 3.63) is 72.8 Å². The van der Waals surface area contributed by atoms with Gasteiger partial charge in [-0.15, -0.1) is 0 Å². The van der Waals surface area contributed by atoms with Crippen molar-refractivity contribution in [2.24, 2.45) is 0 Å². The summed E-state index contributed by atoms with van der Waals surface area (Å²) in [6, 6.07) is 24.6. The summed E-state index contributed by atoms with van der Waals surface area (Å²) >= 11 is 0. The molecule has 8 aromatic rings. The average Bonchev–Trinajstić information content (AvgIpc) is 4.29. The van der Waals surface area contributed by atoms with Crippen molar-refractivity contribution in [2.75, 3.05) is 135 Å². The zero-order chi connectivity index (χ0) is 51.4. The third kappa shape index (κ3) is 10.8. The largest absolute Gasteiger partial charge is 0.493 e. The van der Waals surface area contributed by atoms with Gasteiger partial charge in [0.1, 0.15) is 19.8 Å². The Hall–Kier alpha value is -6.98. The van der Waals surface area contributed by atoms with Crippen LogP contribution in [0.5, 0.6) is 57.8 Å². The fourth-order valence-electron chi connectivity index (χ4n) is 10.5. The van der Waals surface area contributed by atoms with Gasteiger partial charge in [-0.05, 0) is 146 Å². The SMILES string of the molecule is COc1cc2c(OCCN3CCCC3)nc3c4cc5c(cc4ccc3c2cc1OCCCN(C)C)OCO5.COc1cc2c(OCCN3CCCC3)nc3c4cc5c(cc4ccc3c2cc1OCCN(C)C)OCO5. The lowest BCUT2D eigenvalue weighted by atomic mass is 10.0. The number of aromatic nitrogens is 2. The maximum Gasteiger partial charge on any atom is 0.231 e. The molecule has 75 heavy (non-hydrogen) atoms. The molecule has 0 bridgehead atoms. The van der Waals surface area contributed by atoms with Gasteiger partial charge in [0.15, 0.2) is 46.0 Å². The summed E-state index contributed by atoms with van der Waals surface area (Å²) in [6.07, 6.45) is 5.95. The zero-order valence-corrected chi connectivity index (χ0v) is 44.1. The summed E-state index contributed by atoms with van der Waals surface area (Å²) in [5.74, 6) is 6.98. The van der Waals surface area contributed by atoms with Crippen LogP contribution < -0.4 is 47.4 Å². The molecule has 4 aliphatic rings. The predicted octanol–water partition coefficient (Wildman–Crippen LogP) is 9.78. The van der Waals surface area contributed by atoms with Crippen molar-refractivity contribution in [3.8, 4) is 57.8 Å².